The van der Waals surface area contributed by atoms with Gasteiger partial charge >= 0.3 is 0 Å². The van der Waals surface area contributed by atoms with Gasteiger partial charge < -0.3 is 0 Å². The maximum atomic E-state index is 6.35. The van der Waals surface area contributed by atoms with Gasteiger partial charge in [0.15, 0.2) is 5.60 Å². The quantitative estimate of drug-likeness (QED) is 0.711. The maximum absolute atomic E-state index is 6.35. The molecule has 4 heteroatoms. The number of rotatable bonds is 1. The highest BCUT2D eigenvalue weighted by Crippen LogP contribution is 2.61. The summed E-state index contributed by atoms with van der Waals surface area (Å²) in [5.74, 6) is 0.458. The van der Waals surface area contributed by atoms with Crippen molar-refractivity contribution in [2.24, 2.45) is 17.8 Å². The second-order valence-electron chi connectivity index (χ2n) is 8.15. The monoisotopic (exact) mass is 330 g/mol. The third-order valence-electron chi connectivity index (χ3n) is 6.93. The zero-order valence-electron chi connectivity index (χ0n) is 14.3. The van der Waals surface area contributed by atoms with E-state index in [1.807, 2.05) is 6.07 Å². The zero-order chi connectivity index (χ0) is 16.2. The molecule has 3 aliphatic carbocycles. The Labute approximate surface area is 143 Å². The summed E-state index contributed by atoms with van der Waals surface area (Å²) in [5, 5.41) is 0. The predicted octanol–water partition coefficient (Wildman–Crippen LogP) is 4.50. The third kappa shape index (κ3) is 2.00. The van der Waals surface area contributed by atoms with Crippen LogP contribution in [0.15, 0.2) is 30.3 Å². The van der Waals surface area contributed by atoms with E-state index in [1.165, 1.54) is 19.3 Å². The Bertz CT molecular complexity index is 605. The summed E-state index contributed by atoms with van der Waals surface area (Å²) in [6, 6.07) is 10.5. The molecule has 1 saturated heterocycles. The normalized spacial score (nSPS) is 47.5. The van der Waals surface area contributed by atoms with Gasteiger partial charge in [-0.15, -0.1) is 0 Å². The Balaban J connectivity index is 1.54. The van der Waals surface area contributed by atoms with Crippen molar-refractivity contribution in [3.63, 3.8) is 0 Å². The van der Waals surface area contributed by atoms with Gasteiger partial charge in [-0.3, -0.25) is 0 Å². The highest BCUT2D eigenvalue weighted by molar-refractivity contribution is 5.29. The van der Waals surface area contributed by atoms with Gasteiger partial charge in [-0.1, -0.05) is 43.7 Å². The van der Waals surface area contributed by atoms with Crippen molar-refractivity contribution in [2.45, 2.75) is 69.4 Å². The topological polar surface area (TPSA) is 36.9 Å². The predicted molar refractivity (Wildman–Crippen MR) is 87.4 cm³/mol. The lowest BCUT2D eigenvalue weighted by atomic mass is 9.77. The first-order valence-corrected chi connectivity index (χ1v) is 9.51. The fourth-order valence-electron chi connectivity index (χ4n) is 5.50. The van der Waals surface area contributed by atoms with E-state index in [-0.39, 0.29) is 12.0 Å². The molecule has 0 amide bonds. The number of fused-ring (bicyclic) bond motifs is 5. The standard InChI is InChI=1S/C20H26O4/c1-14-7-5-6-12-19(14)22-21-18-15-10-11-17(13-15)20(18,24-23-19)16-8-3-2-4-9-16/h2-4,8-9,14-15,17-18H,5-7,10-13H2,1H3/t14?,15-,17+,18+,19+,20-/m0/s1. The molecule has 1 aromatic rings. The molecule has 0 aromatic heterocycles. The smallest absolute Gasteiger partial charge is 0.226 e. The Morgan fingerprint density at radius 1 is 0.958 bits per heavy atom. The van der Waals surface area contributed by atoms with Crippen LogP contribution < -0.4 is 0 Å². The number of benzene rings is 1. The van der Waals surface area contributed by atoms with Crippen LogP contribution in [0.25, 0.3) is 0 Å². The van der Waals surface area contributed by atoms with Crippen molar-refractivity contribution in [1.82, 2.24) is 0 Å². The average Bonchev–Trinajstić information content (AvgIpc) is 3.17. The van der Waals surface area contributed by atoms with Crippen molar-refractivity contribution in [1.29, 1.82) is 0 Å². The summed E-state index contributed by atoms with van der Waals surface area (Å²) >= 11 is 0. The minimum Gasteiger partial charge on any atom is -0.226 e. The molecule has 1 heterocycles. The fraction of sp³-hybridized carbons (Fsp3) is 0.700. The lowest BCUT2D eigenvalue weighted by Gasteiger charge is -2.40. The van der Waals surface area contributed by atoms with Crippen LogP contribution in [0.1, 0.15) is 57.4 Å². The molecule has 2 bridgehead atoms. The molecule has 0 N–H and O–H groups in total. The van der Waals surface area contributed by atoms with Gasteiger partial charge in [-0.2, -0.15) is 9.78 Å². The summed E-state index contributed by atoms with van der Waals surface area (Å²) < 4.78 is 0. The van der Waals surface area contributed by atoms with Gasteiger partial charge in [0.2, 0.25) is 5.79 Å². The van der Waals surface area contributed by atoms with Gasteiger partial charge in [0.05, 0.1) is 0 Å². The highest BCUT2D eigenvalue weighted by atomic mass is 17.3. The lowest BCUT2D eigenvalue weighted by molar-refractivity contribution is -0.511. The largest absolute Gasteiger partial charge is 0.236 e. The zero-order valence-corrected chi connectivity index (χ0v) is 14.3. The molecule has 0 radical (unpaired) electrons. The summed E-state index contributed by atoms with van der Waals surface area (Å²) in [4.78, 5) is 24.6. The van der Waals surface area contributed by atoms with E-state index in [9.17, 15) is 0 Å². The Morgan fingerprint density at radius 2 is 1.83 bits per heavy atom. The van der Waals surface area contributed by atoms with Crippen LogP contribution >= 0.6 is 0 Å². The summed E-state index contributed by atoms with van der Waals surface area (Å²) in [6.45, 7) is 2.18. The minimum atomic E-state index is -0.746. The molecule has 1 aliphatic heterocycles. The van der Waals surface area contributed by atoms with E-state index in [4.69, 9.17) is 19.6 Å². The molecular formula is C20H26O4. The van der Waals surface area contributed by atoms with Crippen LogP contribution in [0.4, 0.5) is 0 Å². The molecule has 4 nitrogen and oxygen atoms in total. The van der Waals surface area contributed by atoms with Crippen LogP contribution in [0.2, 0.25) is 0 Å². The van der Waals surface area contributed by atoms with Crippen molar-refractivity contribution in [3.05, 3.63) is 35.9 Å². The van der Waals surface area contributed by atoms with Crippen molar-refractivity contribution < 1.29 is 19.6 Å². The Hall–Kier alpha value is -0.940. The molecular weight excluding hydrogens is 304 g/mol. The minimum absolute atomic E-state index is 0.0767. The molecule has 1 aromatic carbocycles. The van der Waals surface area contributed by atoms with E-state index in [0.29, 0.717) is 11.8 Å². The van der Waals surface area contributed by atoms with Crippen LogP contribution in [0.5, 0.6) is 0 Å². The maximum Gasteiger partial charge on any atom is 0.236 e. The molecule has 4 fully saturated rings. The second-order valence-corrected chi connectivity index (χ2v) is 8.15. The van der Waals surface area contributed by atoms with E-state index in [0.717, 1.165) is 31.2 Å². The van der Waals surface area contributed by atoms with E-state index < -0.39 is 11.4 Å². The molecule has 24 heavy (non-hydrogen) atoms. The van der Waals surface area contributed by atoms with Crippen molar-refractivity contribution in [2.75, 3.05) is 0 Å². The van der Waals surface area contributed by atoms with E-state index in [1.54, 1.807) is 0 Å². The third-order valence-corrected chi connectivity index (χ3v) is 6.93. The highest BCUT2D eigenvalue weighted by Gasteiger charge is 2.65. The van der Waals surface area contributed by atoms with Gasteiger partial charge in [0.1, 0.15) is 6.10 Å². The van der Waals surface area contributed by atoms with Crippen LogP contribution in [-0.4, -0.2) is 11.9 Å². The molecule has 6 atom stereocenters. The first kappa shape index (κ1) is 15.3. The fourth-order valence-corrected chi connectivity index (χ4v) is 5.50. The average molecular weight is 330 g/mol. The van der Waals surface area contributed by atoms with Crippen LogP contribution in [0, 0.1) is 17.8 Å². The van der Waals surface area contributed by atoms with E-state index >= 15 is 0 Å². The van der Waals surface area contributed by atoms with Gasteiger partial charge in [0, 0.05) is 12.3 Å². The Kier molecular flexibility index (Phi) is 3.53. The van der Waals surface area contributed by atoms with Gasteiger partial charge in [-0.25, -0.2) is 9.78 Å². The molecule has 130 valence electrons. The first-order valence-electron chi connectivity index (χ1n) is 9.51. The number of hydrogen-bond donors (Lipinski definition) is 0. The first-order chi connectivity index (χ1) is 11.7. The van der Waals surface area contributed by atoms with Gasteiger partial charge in [-0.05, 0) is 49.5 Å². The second kappa shape index (κ2) is 5.53. The lowest BCUT2D eigenvalue weighted by Crippen LogP contribution is -2.47. The van der Waals surface area contributed by atoms with Gasteiger partial charge in [0.25, 0.3) is 0 Å². The summed E-state index contributed by atoms with van der Waals surface area (Å²) in [6.07, 6.45) is 7.65. The summed E-state index contributed by atoms with van der Waals surface area (Å²) in [5.41, 5.74) is 0.636. The molecule has 1 spiro atoms. The van der Waals surface area contributed by atoms with E-state index in [2.05, 4.69) is 31.2 Å². The molecule has 5 rings (SSSR count). The Morgan fingerprint density at radius 3 is 2.67 bits per heavy atom. The molecule has 3 saturated carbocycles. The SMILES string of the molecule is CC1CCCC[C@]12OO[C@@H]1[C@H]3CC[C@H](C3)[C@]1(c1ccccc1)OO2. The van der Waals surface area contributed by atoms with Crippen LogP contribution in [0.3, 0.4) is 0 Å². The molecule has 4 aliphatic rings. The summed E-state index contributed by atoms with van der Waals surface area (Å²) in [7, 11) is 0. The van der Waals surface area contributed by atoms with Crippen LogP contribution in [-0.2, 0) is 25.2 Å². The molecule has 1 unspecified atom stereocenters. The number of hydrogen-bond acceptors (Lipinski definition) is 4. The van der Waals surface area contributed by atoms with Crippen molar-refractivity contribution in [3.8, 4) is 0 Å². The van der Waals surface area contributed by atoms with Crippen molar-refractivity contribution >= 4 is 0 Å².